The van der Waals surface area contributed by atoms with Crippen LogP contribution in [0, 0.1) is 13.8 Å². The van der Waals surface area contributed by atoms with Crippen LogP contribution in [0.4, 0.5) is 11.4 Å². The zero-order valence-electron chi connectivity index (χ0n) is 11.9. The molecule has 0 atom stereocenters. The fraction of sp³-hybridized carbons (Fsp3) is 0.286. The molecule has 0 radical (unpaired) electrons. The minimum absolute atomic E-state index is 0.132. The zero-order chi connectivity index (χ0) is 15.6. The molecule has 1 aliphatic rings. The van der Waals surface area contributed by atoms with Gasteiger partial charge in [0, 0.05) is 5.69 Å². The maximum atomic E-state index is 11.1. The maximum absolute atomic E-state index is 11.1. The van der Waals surface area contributed by atoms with Crippen molar-refractivity contribution in [2.24, 2.45) is 10.2 Å². The highest BCUT2D eigenvalue weighted by Crippen LogP contribution is 2.27. The number of anilines is 1. The van der Waals surface area contributed by atoms with Crippen LogP contribution in [0.5, 0.6) is 0 Å². The van der Waals surface area contributed by atoms with E-state index in [1.807, 2.05) is 26.0 Å². The van der Waals surface area contributed by atoms with E-state index in [0.29, 0.717) is 29.9 Å². The number of nitrogens with two attached hydrogens (primary N) is 1. The lowest BCUT2D eigenvalue weighted by molar-refractivity contribution is 0.491. The minimum atomic E-state index is -4.20. The Morgan fingerprint density at radius 3 is 2.57 bits per heavy atom. The van der Waals surface area contributed by atoms with Gasteiger partial charge in [0.15, 0.2) is 0 Å². The van der Waals surface area contributed by atoms with Crippen molar-refractivity contribution in [2.75, 3.05) is 5.73 Å². The molecule has 0 saturated carbocycles. The molecule has 0 saturated heterocycles. The number of azo groups is 1. The molecule has 1 aromatic carbocycles. The molecule has 0 amide bonds. The SMILES string of the molecule is Cc1cc(N=NC2=CC(S(=O)(=O)O)=CCC2)c(C)cc1N. The summed E-state index contributed by atoms with van der Waals surface area (Å²) in [5, 5.41) is 8.22. The maximum Gasteiger partial charge on any atom is 0.294 e. The van der Waals surface area contributed by atoms with Crippen molar-refractivity contribution in [3.63, 3.8) is 0 Å². The molecular weight excluding hydrogens is 290 g/mol. The molecule has 0 aromatic heterocycles. The Morgan fingerprint density at radius 1 is 1.19 bits per heavy atom. The van der Waals surface area contributed by atoms with Crippen LogP contribution in [0.1, 0.15) is 24.0 Å². The van der Waals surface area contributed by atoms with Gasteiger partial charge in [-0.05, 0) is 56.0 Å². The highest BCUT2D eigenvalue weighted by atomic mass is 32.2. The monoisotopic (exact) mass is 307 g/mol. The molecule has 2 rings (SSSR count). The van der Waals surface area contributed by atoms with Crippen molar-refractivity contribution in [3.05, 3.63) is 46.0 Å². The van der Waals surface area contributed by atoms with Crippen molar-refractivity contribution in [3.8, 4) is 0 Å². The molecule has 0 spiro atoms. The Labute approximate surface area is 123 Å². The number of allylic oxidation sites excluding steroid dienone is 3. The normalized spacial score (nSPS) is 16.0. The van der Waals surface area contributed by atoms with Gasteiger partial charge in [-0.15, -0.1) is 0 Å². The summed E-state index contributed by atoms with van der Waals surface area (Å²) in [5.74, 6) is 0. The molecule has 3 N–H and O–H groups in total. The van der Waals surface area contributed by atoms with E-state index < -0.39 is 10.1 Å². The molecule has 0 aliphatic heterocycles. The predicted molar refractivity (Wildman–Crippen MR) is 81.8 cm³/mol. The number of aryl methyl sites for hydroxylation is 2. The topological polar surface area (TPSA) is 105 Å². The quantitative estimate of drug-likeness (QED) is 0.507. The fourth-order valence-corrected chi connectivity index (χ4v) is 2.58. The average Bonchev–Trinajstić information content (AvgIpc) is 2.41. The first-order valence-electron chi connectivity index (χ1n) is 6.44. The van der Waals surface area contributed by atoms with Crippen molar-refractivity contribution in [2.45, 2.75) is 26.7 Å². The van der Waals surface area contributed by atoms with E-state index in [1.165, 1.54) is 12.2 Å². The number of nitrogens with zero attached hydrogens (tertiary/aromatic N) is 2. The molecule has 1 aliphatic carbocycles. The second kappa shape index (κ2) is 5.79. The Hall–Kier alpha value is -1.99. The van der Waals surface area contributed by atoms with Crippen LogP contribution < -0.4 is 5.73 Å². The van der Waals surface area contributed by atoms with Gasteiger partial charge >= 0.3 is 0 Å². The van der Waals surface area contributed by atoms with Crippen LogP contribution in [0.15, 0.2) is 45.1 Å². The van der Waals surface area contributed by atoms with E-state index >= 15 is 0 Å². The van der Waals surface area contributed by atoms with Crippen molar-refractivity contribution >= 4 is 21.5 Å². The van der Waals surface area contributed by atoms with Gasteiger partial charge in [0.05, 0.1) is 16.3 Å². The van der Waals surface area contributed by atoms with Crippen molar-refractivity contribution < 1.29 is 13.0 Å². The molecule has 0 unspecified atom stereocenters. The van der Waals surface area contributed by atoms with E-state index in [1.54, 1.807) is 0 Å². The molecule has 21 heavy (non-hydrogen) atoms. The summed E-state index contributed by atoms with van der Waals surface area (Å²) in [6.45, 7) is 3.76. The summed E-state index contributed by atoms with van der Waals surface area (Å²) in [6.07, 6.45) is 3.88. The van der Waals surface area contributed by atoms with Gasteiger partial charge < -0.3 is 5.73 Å². The Kier molecular flexibility index (Phi) is 4.24. The molecule has 0 bridgehead atoms. The van der Waals surface area contributed by atoms with Crippen LogP contribution in [0.2, 0.25) is 0 Å². The lowest BCUT2D eigenvalue weighted by Gasteiger charge is -2.08. The van der Waals surface area contributed by atoms with Crippen LogP contribution in [-0.2, 0) is 10.1 Å². The highest BCUT2D eigenvalue weighted by molar-refractivity contribution is 7.90. The van der Waals surface area contributed by atoms with Gasteiger partial charge in [-0.2, -0.15) is 18.6 Å². The molecule has 7 heteroatoms. The summed E-state index contributed by atoms with van der Waals surface area (Å²) in [5.41, 5.74) is 9.50. The number of hydrogen-bond donors (Lipinski definition) is 2. The first kappa shape index (κ1) is 15.4. The highest BCUT2D eigenvalue weighted by Gasteiger charge is 2.15. The summed E-state index contributed by atoms with van der Waals surface area (Å²) < 4.78 is 31.2. The van der Waals surface area contributed by atoms with E-state index in [4.69, 9.17) is 10.3 Å². The molecular formula is C14H17N3O3S. The van der Waals surface area contributed by atoms with Gasteiger partial charge in [-0.3, -0.25) is 4.55 Å². The Balaban J connectivity index is 2.28. The summed E-state index contributed by atoms with van der Waals surface area (Å²) in [4.78, 5) is -0.132. The van der Waals surface area contributed by atoms with E-state index in [2.05, 4.69) is 10.2 Å². The van der Waals surface area contributed by atoms with E-state index in [0.717, 1.165) is 11.1 Å². The van der Waals surface area contributed by atoms with Crippen LogP contribution in [0.25, 0.3) is 0 Å². The molecule has 0 fully saturated rings. The second-order valence-corrected chi connectivity index (χ2v) is 6.37. The number of benzene rings is 1. The summed E-state index contributed by atoms with van der Waals surface area (Å²) >= 11 is 0. The predicted octanol–water partition coefficient (Wildman–Crippen LogP) is 3.42. The van der Waals surface area contributed by atoms with Crippen LogP contribution in [-0.4, -0.2) is 13.0 Å². The van der Waals surface area contributed by atoms with Crippen molar-refractivity contribution in [1.29, 1.82) is 0 Å². The Bertz CT molecular complexity index is 762. The largest absolute Gasteiger partial charge is 0.399 e. The first-order chi connectivity index (χ1) is 9.77. The number of rotatable bonds is 3. The summed E-state index contributed by atoms with van der Waals surface area (Å²) in [7, 11) is -4.20. The standard InChI is InChI=1S/C14H17N3O3S/c1-9-7-14(10(2)6-13(9)15)17-16-11-4-3-5-12(8-11)21(18,19)20/h5-8H,3-4,15H2,1-2H3,(H,18,19,20). The van der Waals surface area contributed by atoms with Crippen LogP contribution in [0.3, 0.4) is 0 Å². The Morgan fingerprint density at radius 2 is 1.90 bits per heavy atom. The lowest BCUT2D eigenvalue weighted by Crippen LogP contribution is -2.03. The van der Waals surface area contributed by atoms with Crippen LogP contribution >= 0.6 is 0 Å². The minimum Gasteiger partial charge on any atom is -0.399 e. The fourth-order valence-electron chi connectivity index (χ4n) is 1.97. The van der Waals surface area contributed by atoms with Gasteiger partial charge in [0.25, 0.3) is 10.1 Å². The average molecular weight is 307 g/mol. The molecule has 6 nitrogen and oxygen atoms in total. The third-order valence-electron chi connectivity index (χ3n) is 3.22. The smallest absolute Gasteiger partial charge is 0.294 e. The van der Waals surface area contributed by atoms with E-state index in [-0.39, 0.29) is 4.91 Å². The lowest BCUT2D eigenvalue weighted by atomic mass is 10.1. The third-order valence-corrected chi connectivity index (χ3v) is 4.10. The van der Waals surface area contributed by atoms with E-state index in [9.17, 15) is 8.42 Å². The second-order valence-electron chi connectivity index (χ2n) is 4.95. The molecule has 112 valence electrons. The van der Waals surface area contributed by atoms with Gasteiger partial charge in [0.1, 0.15) is 0 Å². The zero-order valence-corrected chi connectivity index (χ0v) is 12.7. The summed E-state index contributed by atoms with van der Waals surface area (Å²) in [6, 6.07) is 3.65. The molecule has 1 aromatic rings. The van der Waals surface area contributed by atoms with Gasteiger partial charge in [0.2, 0.25) is 0 Å². The molecule has 0 heterocycles. The van der Waals surface area contributed by atoms with Gasteiger partial charge in [-0.1, -0.05) is 6.08 Å². The number of hydrogen-bond acceptors (Lipinski definition) is 5. The van der Waals surface area contributed by atoms with Crippen molar-refractivity contribution in [1.82, 2.24) is 0 Å². The third kappa shape index (κ3) is 3.77. The number of nitrogen functional groups attached to an aromatic ring is 1. The first-order valence-corrected chi connectivity index (χ1v) is 7.88. The van der Waals surface area contributed by atoms with Gasteiger partial charge in [-0.25, -0.2) is 0 Å².